The monoisotopic (exact) mass is 476 g/mol. The van der Waals surface area contributed by atoms with Crippen molar-refractivity contribution in [1.82, 2.24) is 20.9 Å². The summed E-state index contributed by atoms with van der Waals surface area (Å²) in [5.74, 6) is -3.33. The third-order valence-electron chi connectivity index (χ3n) is 5.27. The van der Waals surface area contributed by atoms with Crippen LogP contribution in [0, 0.1) is 0 Å². The van der Waals surface area contributed by atoms with Crippen molar-refractivity contribution in [3.63, 3.8) is 0 Å². The van der Waals surface area contributed by atoms with Gasteiger partial charge in [-0.05, 0) is 43.9 Å². The molecular formula is C22H32N6O6. The number of carbonyl (C=O) groups is 4. The maximum atomic E-state index is 12.7. The van der Waals surface area contributed by atoms with Gasteiger partial charge in [0.25, 0.3) is 0 Å². The lowest BCUT2D eigenvalue weighted by molar-refractivity contribution is -0.142. The lowest BCUT2D eigenvalue weighted by atomic mass is 10.0. The predicted octanol–water partition coefficient (Wildman–Crippen LogP) is -1.67. The molecule has 2 rings (SSSR count). The van der Waals surface area contributed by atoms with E-state index in [-0.39, 0.29) is 12.8 Å². The number of hydrogen-bond acceptors (Lipinski definition) is 7. The van der Waals surface area contributed by atoms with Crippen molar-refractivity contribution in [2.45, 2.75) is 43.8 Å². The van der Waals surface area contributed by atoms with Gasteiger partial charge in [-0.2, -0.15) is 0 Å². The van der Waals surface area contributed by atoms with Crippen molar-refractivity contribution in [2.75, 3.05) is 19.7 Å². The Morgan fingerprint density at radius 2 is 1.76 bits per heavy atom. The molecule has 3 unspecified atom stereocenters. The molecule has 1 heterocycles. The molecule has 0 aliphatic rings. The highest BCUT2D eigenvalue weighted by Gasteiger charge is 2.25. The first-order valence-electron chi connectivity index (χ1n) is 11.0. The normalized spacial score (nSPS) is 13.6. The van der Waals surface area contributed by atoms with Gasteiger partial charge in [0, 0.05) is 17.1 Å². The van der Waals surface area contributed by atoms with Crippen LogP contribution in [0.5, 0.6) is 0 Å². The fourth-order valence-electron chi connectivity index (χ4n) is 3.39. The van der Waals surface area contributed by atoms with Gasteiger partial charge in [-0.15, -0.1) is 0 Å². The van der Waals surface area contributed by atoms with Crippen LogP contribution in [-0.4, -0.2) is 76.7 Å². The topological polar surface area (TPSA) is 213 Å². The molecule has 10 N–H and O–H groups in total. The minimum atomic E-state index is -1.48. The molecule has 0 spiro atoms. The van der Waals surface area contributed by atoms with E-state index in [2.05, 4.69) is 20.9 Å². The molecule has 0 saturated heterocycles. The average molecular weight is 477 g/mol. The van der Waals surface area contributed by atoms with Gasteiger partial charge in [-0.3, -0.25) is 14.4 Å². The highest BCUT2D eigenvalue weighted by atomic mass is 16.4. The van der Waals surface area contributed by atoms with Crippen molar-refractivity contribution in [1.29, 1.82) is 0 Å². The molecule has 0 aliphatic carbocycles. The zero-order valence-electron chi connectivity index (χ0n) is 18.8. The molecule has 12 heteroatoms. The van der Waals surface area contributed by atoms with E-state index in [4.69, 9.17) is 21.7 Å². The molecule has 1 aromatic carbocycles. The van der Waals surface area contributed by atoms with E-state index in [1.807, 2.05) is 24.3 Å². The number of para-hydroxylation sites is 1. The number of rotatable bonds is 14. The van der Waals surface area contributed by atoms with Crippen molar-refractivity contribution >= 4 is 34.6 Å². The second-order valence-corrected chi connectivity index (χ2v) is 7.87. The van der Waals surface area contributed by atoms with Gasteiger partial charge in [-0.1, -0.05) is 18.2 Å². The minimum Gasteiger partial charge on any atom is -0.480 e. The number of aliphatic carboxylic acids is 1. The Morgan fingerprint density at radius 1 is 1.03 bits per heavy atom. The van der Waals surface area contributed by atoms with Crippen LogP contribution in [0.25, 0.3) is 10.9 Å². The largest absolute Gasteiger partial charge is 0.480 e. The van der Waals surface area contributed by atoms with Gasteiger partial charge in [0.2, 0.25) is 17.7 Å². The summed E-state index contributed by atoms with van der Waals surface area (Å²) in [5.41, 5.74) is 13.4. The second-order valence-electron chi connectivity index (χ2n) is 7.87. The number of benzene rings is 1. The third-order valence-corrected chi connectivity index (χ3v) is 5.27. The maximum absolute atomic E-state index is 12.7. The summed E-state index contributed by atoms with van der Waals surface area (Å²) in [4.78, 5) is 51.3. The Bertz CT molecular complexity index is 993. The van der Waals surface area contributed by atoms with Crippen molar-refractivity contribution in [2.24, 2.45) is 11.5 Å². The summed E-state index contributed by atoms with van der Waals surface area (Å²) in [6.45, 7) is -0.892. The highest BCUT2D eigenvalue weighted by molar-refractivity contribution is 5.93. The van der Waals surface area contributed by atoms with Gasteiger partial charge in [0.15, 0.2) is 0 Å². The number of fused-ring (bicyclic) bond motifs is 1. The number of unbranched alkanes of at least 4 members (excludes halogenated alkanes) is 1. The molecule has 1 aromatic heterocycles. The van der Waals surface area contributed by atoms with Crippen LogP contribution >= 0.6 is 0 Å². The molecule has 0 aliphatic heterocycles. The van der Waals surface area contributed by atoms with Crippen LogP contribution in [0.4, 0.5) is 0 Å². The molecule has 3 amide bonds. The summed E-state index contributed by atoms with van der Waals surface area (Å²) in [5, 5.41) is 25.9. The van der Waals surface area contributed by atoms with Crippen LogP contribution in [0.1, 0.15) is 24.8 Å². The first kappa shape index (κ1) is 26.8. The maximum Gasteiger partial charge on any atom is 0.328 e. The van der Waals surface area contributed by atoms with Gasteiger partial charge >= 0.3 is 5.97 Å². The van der Waals surface area contributed by atoms with E-state index in [0.29, 0.717) is 19.4 Å². The lowest BCUT2D eigenvalue weighted by Gasteiger charge is -2.21. The number of aliphatic hydroxyl groups excluding tert-OH is 1. The van der Waals surface area contributed by atoms with Gasteiger partial charge in [0.1, 0.15) is 12.1 Å². The Balaban J connectivity index is 1.96. The summed E-state index contributed by atoms with van der Waals surface area (Å²) in [6, 6.07) is 4.28. The van der Waals surface area contributed by atoms with E-state index in [1.54, 1.807) is 6.20 Å². The lowest BCUT2D eigenvalue weighted by Crippen LogP contribution is -2.54. The minimum absolute atomic E-state index is 0.257. The Hall–Kier alpha value is -3.48. The fourth-order valence-corrected chi connectivity index (χ4v) is 3.39. The highest BCUT2D eigenvalue weighted by Crippen LogP contribution is 2.18. The molecule has 0 fully saturated rings. The first-order chi connectivity index (χ1) is 16.3. The number of aromatic amines is 1. The number of aliphatic hydroxyl groups is 1. The van der Waals surface area contributed by atoms with E-state index in [0.717, 1.165) is 16.5 Å². The van der Waals surface area contributed by atoms with Crippen molar-refractivity contribution < 1.29 is 29.4 Å². The molecule has 186 valence electrons. The fraction of sp³-hybridized carbons (Fsp3) is 0.455. The molecule has 0 saturated carbocycles. The zero-order valence-corrected chi connectivity index (χ0v) is 18.8. The van der Waals surface area contributed by atoms with Gasteiger partial charge < -0.3 is 42.6 Å². The SMILES string of the molecule is NCCCCC(NC(=O)C(N)Cc1c[nH]c2ccccc12)C(=O)NCC(=O)NC(CO)C(=O)O. The Kier molecular flexibility index (Phi) is 10.5. The molecule has 0 radical (unpaired) electrons. The summed E-state index contributed by atoms with van der Waals surface area (Å²) in [7, 11) is 0. The van der Waals surface area contributed by atoms with Crippen molar-refractivity contribution in [3.05, 3.63) is 36.0 Å². The van der Waals surface area contributed by atoms with Crippen LogP contribution < -0.4 is 27.4 Å². The molecule has 0 bridgehead atoms. The van der Waals surface area contributed by atoms with E-state index in [9.17, 15) is 19.2 Å². The molecule has 3 atom stereocenters. The molecular weight excluding hydrogens is 444 g/mol. The number of nitrogens with one attached hydrogen (secondary N) is 4. The van der Waals surface area contributed by atoms with E-state index in [1.165, 1.54) is 0 Å². The molecule has 34 heavy (non-hydrogen) atoms. The van der Waals surface area contributed by atoms with Crippen LogP contribution in [0.2, 0.25) is 0 Å². The number of carboxylic acid groups (broad SMARTS) is 1. The summed E-state index contributed by atoms with van der Waals surface area (Å²) < 4.78 is 0. The average Bonchev–Trinajstić information content (AvgIpc) is 3.22. The van der Waals surface area contributed by atoms with Crippen LogP contribution in [0.3, 0.4) is 0 Å². The second kappa shape index (κ2) is 13.3. The van der Waals surface area contributed by atoms with Crippen LogP contribution in [-0.2, 0) is 25.6 Å². The smallest absolute Gasteiger partial charge is 0.328 e. The van der Waals surface area contributed by atoms with E-state index < -0.39 is 55.0 Å². The van der Waals surface area contributed by atoms with Crippen molar-refractivity contribution in [3.8, 4) is 0 Å². The van der Waals surface area contributed by atoms with Gasteiger partial charge in [-0.25, -0.2) is 4.79 Å². The Labute approximate surface area is 196 Å². The zero-order chi connectivity index (χ0) is 25.1. The summed E-state index contributed by atoms with van der Waals surface area (Å²) >= 11 is 0. The standard InChI is InChI=1S/C22H32N6O6/c23-8-4-3-7-17(21(32)26-11-19(30)27-18(12-29)22(33)34)28-20(31)15(24)9-13-10-25-16-6-2-1-5-14(13)16/h1-2,5-6,10,15,17-18,25,29H,3-4,7-9,11-12,23-24H2,(H,26,32)(H,27,30)(H,28,31)(H,33,34). The number of amides is 3. The summed E-state index contributed by atoms with van der Waals surface area (Å²) in [6.07, 6.45) is 3.53. The number of H-pyrrole nitrogens is 1. The number of carbonyl (C=O) groups excluding carboxylic acids is 3. The first-order valence-corrected chi connectivity index (χ1v) is 11.0. The quantitative estimate of drug-likeness (QED) is 0.147. The van der Waals surface area contributed by atoms with Gasteiger partial charge in [0.05, 0.1) is 19.2 Å². The molecule has 12 nitrogen and oxygen atoms in total. The number of hydrogen-bond donors (Lipinski definition) is 8. The molecule has 2 aromatic rings. The predicted molar refractivity (Wildman–Crippen MR) is 124 cm³/mol. The Morgan fingerprint density at radius 3 is 2.44 bits per heavy atom. The van der Waals surface area contributed by atoms with E-state index >= 15 is 0 Å². The number of nitrogens with two attached hydrogens (primary N) is 2. The number of carboxylic acids is 1. The van der Waals surface area contributed by atoms with Crippen LogP contribution in [0.15, 0.2) is 30.5 Å². The third kappa shape index (κ3) is 7.83. The number of aromatic nitrogens is 1.